The minimum atomic E-state index is -0.541. The number of hydrogen-bond acceptors (Lipinski definition) is 5. The Balaban J connectivity index is 2.72. The van der Waals surface area contributed by atoms with Gasteiger partial charge in [0.15, 0.2) is 5.82 Å². The third-order valence-corrected chi connectivity index (χ3v) is 2.35. The number of rotatable bonds is 7. The van der Waals surface area contributed by atoms with Gasteiger partial charge in [0.1, 0.15) is 0 Å². The first kappa shape index (κ1) is 13.1. The van der Waals surface area contributed by atoms with Gasteiger partial charge in [0.25, 0.3) is 5.89 Å². The van der Waals surface area contributed by atoms with Gasteiger partial charge in [-0.25, -0.2) is 0 Å². The summed E-state index contributed by atoms with van der Waals surface area (Å²) in [5, 5.41) is 3.93. The van der Waals surface area contributed by atoms with Crippen molar-refractivity contribution in [2.24, 2.45) is 0 Å². The monoisotopic (exact) mass is 228 g/mol. The van der Waals surface area contributed by atoms with Crippen LogP contribution in [0.1, 0.15) is 58.0 Å². The molecule has 1 aromatic heterocycles. The number of aromatic nitrogens is 2. The Labute approximate surface area is 96.1 Å². The summed E-state index contributed by atoms with van der Waals surface area (Å²) in [6.07, 6.45) is 0.438. The van der Waals surface area contributed by atoms with Gasteiger partial charge in [-0.15, -0.1) is 0 Å². The van der Waals surface area contributed by atoms with E-state index in [9.17, 15) is 0 Å². The summed E-state index contributed by atoms with van der Waals surface area (Å²) in [5.74, 6) is 1.40. The molecule has 0 fully saturated rings. The maximum atomic E-state index is 5.38. The summed E-state index contributed by atoms with van der Waals surface area (Å²) >= 11 is 0. The Bertz CT molecular complexity index is 295. The molecule has 1 unspecified atom stereocenters. The highest BCUT2D eigenvalue weighted by Crippen LogP contribution is 2.21. The third-order valence-electron chi connectivity index (χ3n) is 2.35. The molecule has 0 radical (unpaired) electrons. The lowest BCUT2D eigenvalue weighted by atomic mass is 10.1. The van der Waals surface area contributed by atoms with E-state index in [2.05, 4.69) is 24.0 Å². The SMILES string of the molecule is CCOC(OCC)c1nc(C(C)CC)no1. The normalized spacial score (nSPS) is 13.3. The molecule has 1 heterocycles. The van der Waals surface area contributed by atoms with Gasteiger partial charge in [-0.05, 0) is 20.3 Å². The lowest BCUT2D eigenvalue weighted by Crippen LogP contribution is -2.09. The zero-order valence-corrected chi connectivity index (χ0v) is 10.4. The zero-order chi connectivity index (χ0) is 12.0. The summed E-state index contributed by atoms with van der Waals surface area (Å²) in [7, 11) is 0. The van der Waals surface area contributed by atoms with E-state index in [-0.39, 0.29) is 0 Å². The van der Waals surface area contributed by atoms with Gasteiger partial charge in [-0.2, -0.15) is 4.98 Å². The number of ether oxygens (including phenoxy) is 2. The minimum absolute atomic E-state index is 0.293. The fourth-order valence-electron chi connectivity index (χ4n) is 1.22. The lowest BCUT2D eigenvalue weighted by molar-refractivity contribution is -0.155. The fraction of sp³-hybridized carbons (Fsp3) is 0.818. The highest BCUT2D eigenvalue weighted by atomic mass is 16.7. The Morgan fingerprint density at radius 2 is 1.81 bits per heavy atom. The molecule has 1 aromatic rings. The molecule has 0 aliphatic rings. The van der Waals surface area contributed by atoms with Crippen LogP contribution in [0.15, 0.2) is 4.52 Å². The average Bonchev–Trinajstić information content (AvgIpc) is 2.77. The molecule has 0 saturated heterocycles. The molecule has 92 valence electrons. The maximum Gasteiger partial charge on any atom is 0.283 e. The largest absolute Gasteiger partial charge is 0.345 e. The summed E-state index contributed by atoms with van der Waals surface area (Å²) in [4.78, 5) is 4.29. The zero-order valence-electron chi connectivity index (χ0n) is 10.4. The Morgan fingerprint density at radius 3 is 2.31 bits per heavy atom. The first-order valence-electron chi connectivity index (χ1n) is 5.79. The van der Waals surface area contributed by atoms with Crippen LogP contribution in [-0.4, -0.2) is 23.4 Å². The van der Waals surface area contributed by atoms with Crippen LogP contribution in [-0.2, 0) is 9.47 Å². The van der Waals surface area contributed by atoms with Crippen LogP contribution in [0.25, 0.3) is 0 Å². The average molecular weight is 228 g/mol. The maximum absolute atomic E-state index is 5.38. The van der Waals surface area contributed by atoms with E-state index in [1.54, 1.807) is 0 Å². The molecular formula is C11H20N2O3. The first-order chi connectivity index (χ1) is 7.72. The predicted octanol–water partition coefficient (Wildman–Crippen LogP) is 2.65. The Hall–Kier alpha value is -0.940. The van der Waals surface area contributed by atoms with Crippen molar-refractivity contribution >= 4 is 0 Å². The van der Waals surface area contributed by atoms with Crippen LogP contribution in [0.4, 0.5) is 0 Å². The van der Waals surface area contributed by atoms with Crippen molar-refractivity contribution in [1.82, 2.24) is 10.1 Å². The molecule has 0 bridgehead atoms. The topological polar surface area (TPSA) is 57.4 Å². The molecule has 1 atom stereocenters. The molecule has 0 aliphatic carbocycles. The van der Waals surface area contributed by atoms with Crippen molar-refractivity contribution < 1.29 is 14.0 Å². The highest BCUT2D eigenvalue weighted by Gasteiger charge is 2.21. The molecule has 0 saturated carbocycles. The molecule has 5 heteroatoms. The van der Waals surface area contributed by atoms with Gasteiger partial charge >= 0.3 is 0 Å². The van der Waals surface area contributed by atoms with Crippen molar-refractivity contribution in [2.45, 2.75) is 46.3 Å². The summed E-state index contributed by atoms with van der Waals surface area (Å²) in [5.41, 5.74) is 0. The van der Waals surface area contributed by atoms with Gasteiger partial charge in [0, 0.05) is 19.1 Å². The summed E-state index contributed by atoms with van der Waals surface area (Å²) < 4.78 is 15.9. The van der Waals surface area contributed by atoms with E-state index >= 15 is 0 Å². The van der Waals surface area contributed by atoms with Crippen LogP contribution in [0, 0.1) is 0 Å². The smallest absolute Gasteiger partial charge is 0.283 e. The van der Waals surface area contributed by atoms with Gasteiger partial charge in [0.2, 0.25) is 6.29 Å². The molecule has 0 spiro atoms. The van der Waals surface area contributed by atoms with E-state index in [1.165, 1.54) is 0 Å². The molecule has 0 aliphatic heterocycles. The molecule has 0 N–H and O–H groups in total. The molecule has 1 rings (SSSR count). The Morgan fingerprint density at radius 1 is 1.19 bits per heavy atom. The van der Waals surface area contributed by atoms with E-state index in [4.69, 9.17) is 14.0 Å². The van der Waals surface area contributed by atoms with Gasteiger partial charge in [-0.1, -0.05) is 19.0 Å². The number of nitrogens with zero attached hydrogens (tertiary/aromatic N) is 2. The summed E-state index contributed by atoms with van der Waals surface area (Å²) in [6, 6.07) is 0. The van der Waals surface area contributed by atoms with E-state index in [0.717, 1.165) is 6.42 Å². The van der Waals surface area contributed by atoms with E-state index in [0.29, 0.717) is 30.8 Å². The second-order valence-electron chi connectivity index (χ2n) is 3.54. The van der Waals surface area contributed by atoms with Crippen molar-refractivity contribution in [1.29, 1.82) is 0 Å². The quantitative estimate of drug-likeness (QED) is 0.671. The standard InChI is InChI=1S/C11H20N2O3/c1-5-8(4)9-12-10(16-13-9)11(14-6-2)15-7-3/h8,11H,5-7H2,1-4H3. The van der Waals surface area contributed by atoms with Crippen molar-refractivity contribution in [3.8, 4) is 0 Å². The predicted molar refractivity (Wildman–Crippen MR) is 59.0 cm³/mol. The molecule has 0 aromatic carbocycles. The summed E-state index contributed by atoms with van der Waals surface area (Å²) in [6.45, 7) is 9.04. The van der Waals surface area contributed by atoms with Crippen LogP contribution in [0.2, 0.25) is 0 Å². The molecule has 5 nitrogen and oxygen atoms in total. The second-order valence-corrected chi connectivity index (χ2v) is 3.54. The van der Waals surface area contributed by atoms with Gasteiger partial charge in [-0.3, -0.25) is 0 Å². The van der Waals surface area contributed by atoms with Crippen molar-refractivity contribution in [3.05, 3.63) is 11.7 Å². The van der Waals surface area contributed by atoms with Gasteiger partial charge in [0.05, 0.1) is 0 Å². The Kier molecular flexibility index (Phi) is 5.42. The van der Waals surface area contributed by atoms with Crippen LogP contribution < -0.4 is 0 Å². The molecule has 16 heavy (non-hydrogen) atoms. The second kappa shape index (κ2) is 6.60. The van der Waals surface area contributed by atoms with Crippen LogP contribution in [0.3, 0.4) is 0 Å². The minimum Gasteiger partial charge on any atom is -0.345 e. The first-order valence-corrected chi connectivity index (χ1v) is 5.79. The van der Waals surface area contributed by atoms with Crippen molar-refractivity contribution in [2.75, 3.05) is 13.2 Å². The van der Waals surface area contributed by atoms with Crippen LogP contribution in [0.5, 0.6) is 0 Å². The third kappa shape index (κ3) is 3.28. The van der Waals surface area contributed by atoms with E-state index < -0.39 is 6.29 Å². The van der Waals surface area contributed by atoms with Crippen molar-refractivity contribution in [3.63, 3.8) is 0 Å². The van der Waals surface area contributed by atoms with Crippen LogP contribution >= 0.6 is 0 Å². The highest BCUT2D eigenvalue weighted by molar-refractivity contribution is 4.93. The van der Waals surface area contributed by atoms with E-state index in [1.807, 2.05) is 13.8 Å². The number of hydrogen-bond donors (Lipinski definition) is 0. The lowest BCUT2D eigenvalue weighted by Gasteiger charge is -2.11. The molecular weight excluding hydrogens is 208 g/mol. The molecule has 0 amide bonds. The van der Waals surface area contributed by atoms with Gasteiger partial charge < -0.3 is 14.0 Å². The fourth-order valence-corrected chi connectivity index (χ4v) is 1.22.